The van der Waals surface area contributed by atoms with Crippen LogP contribution in [-0.2, 0) is 13.5 Å². The first kappa shape index (κ1) is 12.9. The average molecular weight is 269 g/mol. The SMILES string of the molecule is Cc1ccc2oc(C(N)CCc3nccn3C)cc2c1. The average Bonchev–Trinajstić information content (AvgIpc) is 3.01. The van der Waals surface area contributed by atoms with Crippen molar-refractivity contribution in [1.29, 1.82) is 0 Å². The zero-order valence-corrected chi connectivity index (χ0v) is 11.8. The van der Waals surface area contributed by atoms with E-state index in [0.29, 0.717) is 0 Å². The van der Waals surface area contributed by atoms with Crippen LogP contribution in [0.2, 0.25) is 0 Å². The maximum absolute atomic E-state index is 6.23. The summed E-state index contributed by atoms with van der Waals surface area (Å²) in [6.45, 7) is 2.08. The Morgan fingerprint density at radius 1 is 1.35 bits per heavy atom. The van der Waals surface area contributed by atoms with Gasteiger partial charge in [-0.25, -0.2) is 4.98 Å². The van der Waals surface area contributed by atoms with Gasteiger partial charge in [0.05, 0.1) is 6.04 Å². The Labute approximate surface area is 118 Å². The van der Waals surface area contributed by atoms with Gasteiger partial charge in [0.15, 0.2) is 0 Å². The van der Waals surface area contributed by atoms with E-state index in [9.17, 15) is 0 Å². The molecule has 2 N–H and O–H groups in total. The number of hydrogen-bond donors (Lipinski definition) is 1. The third kappa shape index (κ3) is 2.47. The van der Waals surface area contributed by atoms with Crippen LogP contribution in [0.3, 0.4) is 0 Å². The van der Waals surface area contributed by atoms with Gasteiger partial charge in [0.1, 0.15) is 17.2 Å². The van der Waals surface area contributed by atoms with Crippen LogP contribution in [-0.4, -0.2) is 9.55 Å². The van der Waals surface area contributed by atoms with Crippen molar-refractivity contribution in [3.63, 3.8) is 0 Å². The van der Waals surface area contributed by atoms with Gasteiger partial charge in [-0.05, 0) is 31.5 Å². The molecule has 4 nitrogen and oxygen atoms in total. The van der Waals surface area contributed by atoms with Crippen molar-refractivity contribution in [2.24, 2.45) is 12.8 Å². The molecule has 0 aliphatic heterocycles. The smallest absolute Gasteiger partial charge is 0.134 e. The van der Waals surface area contributed by atoms with Gasteiger partial charge in [-0.2, -0.15) is 0 Å². The van der Waals surface area contributed by atoms with E-state index in [2.05, 4.69) is 24.0 Å². The molecule has 0 radical (unpaired) electrons. The summed E-state index contributed by atoms with van der Waals surface area (Å²) in [6, 6.07) is 8.12. The fraction of sp³-hybridized carbons (Fsp3) is 0.312. The van der Waals surface area contributed by atoms with Crippen LogP contribution in [0.25, 0.3) is 11.0 Å². The van der Waals surface area contributed by atoms with Gasteiger partial charge >= 0.3 is 0 Å². The standard InChI is InChI=1S/C16H19N3O/c1-11-3-5-14-12(9-11)10-15(20-14)13(17)4-6-16-18-7-8-19(16)2/h3,5,7-10,13H,4,6,17H2,1-2H3. The predicted octanol–water partition coefficient (Wildman–Crippen LogP) is 3.11. The third-order valence-corrected chi connectivity index (χ3v) is 3.66. The number of nitrogens with zero attached hydrogens (tertiary/aromatic N) is 2. The lowest BCUT2D eigenvalue weighted by molar-refractivity contribution is 0.474. The Morgan fingerprint density at radius 3 is 2.95 bits per heavy atom. The van der Waals surface area contributed by atoms with Crippen molar-refractivity contribution >= 4 is 11.0 Å². The van der Waals surface area contributed by atoms with Crippen LogP contribution in [0.5, 0.6) is 0 Å². The highest BCUT2D eigenvalue weighted by atomic mass is 16.3. The molecule has 3 aromatic rings. The van der Waals surface area contributed by atoms with Crippen LogP contribution in [0.15, 0.2) is 41.1 Å². The van der Waals surface area contributed by atoms with Gasteiger partial charge in [0, 0.05) is 31.2 Å². The summed E-state index contributed by atoms with van der Waals surface area (Å²) in [5.41, 5.74) is 8.36. The summed E-state index contributed by atoms with van der Waals surface area (Å²) in [5.74, 6) is 1.90. The summed E-state index contributed by atoms with van der Waals surface area (Å²) < 4.78 is 7.86. The third-order valence-electron chi connectivity index (χ3n) is 3.66. The van der Waals surface area contributed by atoms with Crippen LogP contribution in [0, 0.1) is 6.92 Å². The second-order valence-electron chi connectivity index (χ2n) is 5.29. The molecule has 3 rings (SSSR count). The number of aryl methyl sites for hydroxylation is 3. The quantitative estimate of drug-likeness (QED) is 0.791. The van der Waals surface area contributed by atoms with Crippen LogP contribution < -0.4 is 5.73 Å². The van der Waals surface area contributed by atoms with Crippen LogP contribution in [0.1, 0.15) is 29.6 Å². The molecule has 20 heavy (non-hydrogen) atoms. The molecule has 1 aromatic carbocycles. The van der Waals surface area contributed by atoms with E-state index in [-0.39, 0.29) is 6.04 Å². The topological polar surface area (TPSA) is 57.0 Å². The summed E-state index contributed by atoms with van der Waals surface area (Å²) in [6.07, 6.45) is 5.43. The predicted molar refractivity (Wildman–Crippen MR) is 79.4 cm³/mol. The minimum atomic E-state index is -0.0978. The van der Waals surface area contributed by atoms with Crippen molar-refractivity contribution < 1.29 is 4.42 Å². The highest BCUT2D eigenvalue weighted by molar-refractivity contribution is 5.78. The molecule has 0 saturated heterocycles. The van der Waals surface area contributed by atoms with E-state index in [1.165, 1.54) is 5.56 Å². The largest absolute Gasteiger partial charge is 0.459 e. The van der Waals surface area contributed by atoms with Gasteiger partial charge in [-0.1, -0.05) is 11.6 Å². The highest BCUT2D eigenvalue weighted by Gasteiger charge is 2.13. The van der Waals surface area contributed by atoms with Crippen molar-refractivity contribution in [3.8, 4) is 0 Å². The van der Waals surface area contributed by atoms with Crippen molar-refractivity contribution in [3.05, 3.63) is 53.8 Å². The van der Waals surface area contributed by atoms with Gasteiger partial charge in [-0.3, -0.25) is 0 Å². The van der Waals surface area contributed by atoms with E-state index < -0.39 is 0 Å². The maximum atomic E-state index is 6.23. The number of rotatable bonds is 4. The second-order valence-corrected chi connectivity index (χ2v) is 5.29. The van der Waals surface area contributed by atoms with Gasteiger partial charge in [-0.15, -0.1) is 0 Å². The Bertz CT molecular complexity index is 726. The molecule has 4 heteroatoms. The number of aromatic nitrogens is 2. The molecule has 1 atom stereocenters. The molecule has 1 unspecified atom stereocenters. The lowest BCUT2D eigenvalue weighted by Gasteiger charge is -2.08. The molecule has 0 fully saturated rings. The Hall–Kier alpha value is -2.07. The van der Waals surface area contributed by atoms with Gasteiger partial charge in [0.2, 0.25) is 0 Å². The minimum absolute atomic E-state index is 0.0978. The molecule has 2 heterocycles. The summed E-state index contributed by atoms with van der Waals surface area (Å²) in [7, 11) is 2.00. The summed E-state index contributed by atoms with van der Waals surface area (Å²) >= 11 is 0. The zero-order valence-electron chi connectivity index (χ0n) is 11.8. The molecular formula is C16H19N3O. The Balaban J connectivity index is 1.75. The van der Waals surface area contributed by atoms with Gasteiger partial charge in [0.25, 0.3) is 0 Å². The van der Waals surface area contributed by atoms with E-state index in [1.54, 1.807) is 0 Å². The summed E-state index contributed by atoms with van der Waals surface area (Å²) in [5, 5.41) is 1.12. The van der Waals surface area contributed by atoms with E-state index in [4.69, 9.17) is 10.2 Å². The maximum Gasteiger partial charge on any atom is 0.134 e. The molecule has 0 amide bonds. The van der Waals surface area contributed by atoms with Crippen molar-refractivity contribution in [1.82, 2.24) is 9.55 Å². The first-order chi connectivity index (χ1) is 9.63. The van der Waals surface area contributed by atoms with E-state index in [1.807, 2.05) is 36.1 Å². The lowest BCUT2D eigenvalue weighted by Crippen LogP contribution is -2.11. The summed E-state index contributed by atoms with van der Waals surface area (Å²) in [4.78, 5) is 4.31. The molecule has 0 bridgehead atoms. The molecule has 0 aliphatic rings. The van der Waals surface area contributed by atoms with E-state index >= 15 is 0 Å². The van der Waals surface area contributed by atoms with Crippen molar-refractivity contribution in [2.45, 2.75) is 25.8 Å². The second kappa shape index (κ2) is 5.13. The first-order valence-corrected chi connectivity index (χ1v) is 6.85. The molecule has 0 spiro atoms. The number of imidazole rings is 1. The molecule has 2 aromatic heterocycles. The number of nitrogens with two attached hydrogens (primary N) is 1. The number of benzene rings is 1. The number of furan rings is 1. The Kier molecular flexibility index (Phi) is 3.32. The number of fused-ring (bicyclic) bond motifs is 1. The molecule has 104 valence electrons. The highest BCUT2D eigenvalue weighted by Crippen LogP contribution is 2.25. The number of hydrogen-bond acceptors (Lipinski definition) is 3. The Morgan fingerprint density at radius 2 is 2.20 bits per heavy atom. The lowest BCUT2D eigenvalue weighted by atomic mass is 10.1. The normalized spacial score (nSPS) is 12.9. The molecular weight excluding hydrogens is 250 g/mol. The zero-order chi connectivity index (χ0) is 14.1. The fourth-order valence-corrected chi connectivity index (χ4v) is 2.43. The first-order valence-electron chi connectivity index (χ1n) is 6.85. The minimum Gasteiger partial charge on any atom is -0.459 e. The van der Waals surface area contributed by atoms with Crippen LogP contribution in [0.4, 0.5) is 0 Å². The van der Waals surface area contributed by atoms with Crippen molar-refractivity contribution in [2.75, 3.05) is 0 Å². The van der Waals surface area contributed by atoms with E-state index in [0.717, 1.165) is 35.4 Å². The fourth-order valence-electron chi connectivity index (χ4n) is 2.43. The molecule has 0 aliphatic carbocycles. The van der Waals surface area contributed by atoms with Crippen LogP contribution >= 0.6 is 0 Å². The van der Waals surface area contributed by atoms with Gasteiger partial charge < -0.3 is 14.7 Å². The monoisotopic (exact) mass is 269 g/mol. The molecule has 0 saturated carbocycles.